The van der Waals surface area contributed by atoms with Crippen molar-refractivity contribution in [3.63, 3.8) is 0 Å². The van der Waals surface area contributed by atoms with Gasteiger partial charge in [-0.1, -0.05) is 153 Å². The number of hydrogen-bond donors (Lipinski definition) is 0. The maximum absolute atomic E-state index is 14.9. The highest BCUT2D eigenvalue weighted by molar-refractivity contribution is 7.85. The molecule has 7 aromatic rings. The molecule has 214 valence electrons. The van der Waals surface area contributed by atoms with E-state index in [4.69, 9.17) is 0 Å². The van der Waals surface area contributed by atoms with E-state index in [0.717, 1.165) is 27.0 Å². The Morgan fingerprint density at radius 3 is 1.76 bits per heavy atom. The largest absolute Gasteiger partial charge is 0.309 e. The fourth-order valence-electron chi connectivity index (χ4n) is 7.86. The second-order valence-corrected chi connectivity index (χ2v) is 15.6. The average Bonchev–Trinajstić information content (AvgIpc) is 3.54. The van der Waals surface area contributed by atoms with Crippen molar-refractivity contribution in [2.24, 2.45) is 0 Å². The Hall–Kier alpha value is -4.97. The lowest BCUT2D eigenvalue weighted by Crippen LogP contribution is -2.24. The summed E-state index contributed by atoms with van der Waals surface area (Å²) in [6, 6.07) is 53.2. The first-order valence-corrected chi connectivity index (χ1v) is 17.3. The zero-order valence-electron chi connectivity index (χ0n) is 25.3. The van der Waals surface area contributed by atoms with Gasteiger partial charge in [-0.15, -0.1) is 0 Å². The maximum atomic E-state index is 14.9. The predicted molar refractivity (Wildman–Crippen MR) is 191 cm³/mol. The highest BCUT2D eigenvalue weighted by Crippen LogP contribution is 2.57. The normalized spacial score (nSPS) is 13.8. The lowest BCUT2D eigenvalue weighted by atomic mass is 9.81. The number of hydrogen-bond acceptors (Lipinski definition) is 1. The molecule has 0 aliphatic heterocycles. The summed E-state index contributed by atoms with van der Waals surface area (Å²) >= 11 is 0. The third kappa shape index (κ3) is 3.65. The molecule has 0 unspecified atom stereocenters. The second kappa shape index (κ2) is 9.51. The molecular weight excluding hydrogens is 563 g/mol. The molecule has 0 fully saturated rings. The van der Waals surface area contributed by atoms with Crippen molar-refractivity contribution < 1.29 is 4.57 Å². The monoisotopic (exact) mass is 594 g/mol. The Kier molecular flexibility index (Phi) is 5.59. The molecule has 0 radical (unpaired) electrons. The smallest absolute Gasteiger partial charge is 0.171 e. The molecular formula is C43H31OP. The molecule has 0 spiro atoms. The van der Waals surface area contributed by atoms with Crippen LogP contribution < -0.4 is 15.9 Å². The molecule has 0 amide bonds. The van der Waals surface area contributed by atoms with Crippen molar-refractivity contribution in [3.8, 4) is 44.5 Å². The molecule has 2 aliphatic carbocycles. The number of fused-ring (bicyclic) bond motifs is 7. The molecule has 2 heteroatoms. The molecule has 9 rings (SSSR count). The van der Waals surface area contributed by atoms with E-state index in [9.17, 15) is 4.57 Å². The van der Waals surface area contributed by atoms with Crippen LogP contribution in [0.25, 0.3) is 55.3 Å². The summed E-state index contributed by atoms with van der Waals surface area (Å²) < 4.78 is 14.9. The van der Waals surface area contributed by atoms with Gasteiger partial charge in [0.2, 0.25) is 0 Å². The first-order valence-electron chi connectivity index (χ1n) is 15.6. The van der Waals surface area contributed by atoms with Crippen LogP contribution in [0.4, 0.5) is 0 Å². The fraction of sp³-hybridized carbons (Fsp3) is 0.0698. The van der Waals surface area contributed by atoms with Gasteiger partial charge in [0.25, 0.3) is 0 Å². The summed E-state index contributed by atoms with van der Waals surface area (Å²) in [7, 11) is -3.01. The Bertz CT molecular complexity index is 2310. The quantitative estimate of drug-likeness (QED) is 0.185. The minimum absolute atomic E-state index is 0.0456. The van der Waals surface area contributed by atoms with Crippen molar-refractivity contribution in [2.75, 3.05) is 0 Å². The lowest BCUT2D eigenvalue weighted by Gasteiger charge is -2.22. The van der Waals surface area contributed by atoms with E-state index in [-0.39, 0.29) is 5.41 Å². The highest BCUT2D eigenvalue weighted by Gasteiger charge is 2.38. The van der Waals surface area contributed by atoms with Crippen LogP contribution >= 0.6 is 7.14 Å². The van der Waals surface area contributed by atoms with Crippen LogP contribution in [0.2, 0.25) is 0 Å². The zero-order valence-corrected chi connectivity index (χ0v) is 26.2. The number of rotatable bonds is 4. The molecule has 0 saturated heterocycles. The van der Waals surface area contributed by atoms with Crippen molar-refractivity contribution in [1.82, 2.24) is 0 Å². The molecule has 0 N–H and O–H groups in total. The van der Waals surface area contributed by atoms with E-state index in [1.54, 1.807) is 0 Å². The molecule has 1 nitrogen and oxygen atoms in total. The Labute approximate surface area is 264 Å². The number of benzene rings is 7. The van der Waals surface area contributed by atoms with Crippen molar-refractivity contribution >= 4 is 33.8 Å². The molecule has 45 heavy (non-hydrogen) atoms. The van der Waals surface area contributed by atoms with Crippen LogP contribution in [0, 0.1) is 0 Å². The van der Waals surface area contributed by atoms with Crippen LogP contribution in [-0.4, -0.2) is 0 Å². The van der Waals surface area contributed by atoms with Crippen LogP contribution in [0.5, 0.6) is 0 Å². The van der Waals surface area contributed by atoms with Crippen LogP contribution in [0.1, 0.15) is 25.0 Å². The van der Waals surface area contributed by atoms with Gasteiger partial charge in [0.05, 0.1) is 0 Å². The summed E-state index contributed by atoms with van der Waals surface area (Å²) in [5.41, 5.74) is 13.0. The fourth-order valence-corrected chi connectivity index (χ4v) is 10.5. The van der Waals surface area contributed by atoms with E-state index < -0.39 is 7.14 Å². The average molecular weight is 595 g/mol. The van der Waals surface area contributed by atoms with Crippen LogP contribution in [-0.2, 0) is 9.98 Å². The summed E-state index contributed by atoms with van der Waals surface area (Å²) in [6.45, 7) is 4.72. The zero-order chi connectivity index (χ0) is 30.3. The minimum atomic E-state index is -3.01. The van der Waals surface area contributed by atoms with Gasteiger partial charge in [-0.05, 0) is 78.5 Å². The summed E-state index contributed by atoms with van der Waals surface area (Å²) in [4.78, 5) is 0. The Balaban J connectivity index is 1.16. The van der Waals surface area contributed by atoms with E-state index in [1.165, 1.54) is 55.3 Å². The van der Waals surface area contributed by atoms with Gasteiger partial charge < -0.3 is 4.57 Å². The summed E-state index contributed by atoms with van der Waals surface area (Å²) in [5, 5.41) is 5.25. The Morgan fingerprint density at radius 1 is 0.444 bits per heavy atom. The van der Waals surface area contributed by atoms with Gasteiger partial charge in [-0.25, -0.2) is 0 Å². The molecule has 0 bridgehead atoms. The third-order valence-corrected chi connectivity index (χ3v) is 13.2. The molecule has 0 saturated carbocycles. The molecule has 0 aromatic heterocycles. The SMILES string of the molecule is CC1(C)c2ccccc2-c2c1cc1c3c(cccc23)-c2cc(-c3ccc(P(=O)(c4ccccc4)c4ccccc4)cc3)ccc2-1. The standard InChI is InChI=1S/C43H31OP/c1-43(2)39-19-10-9-16-35(39)42-36-18-11-17-34-37-26-29(22-25-33(37)38(41(34)36)27-40(42)43)28-20-23-32(24-21-28)45(44,30-12-5-3-6-13-30)31-14-7-4-8-15-31/h3-27H,1-2H3. The van der Waals surface area contributed by atoms with Crippen LogP contribution in [0.15, 0.2) is 152 Å². The van der Waals surface area contributed by atoms with Gasteiger partial charge in [-0.3, -0.25) is 0 Å². The summed E-state index contributed by atoms with van der Waals surface area (Å²) in [5.74, 6) is 0. The van der Waals surface area contributed by atoms with Gasteiger partial charge in [0, 0.05) is 21.3 Å². The lowest BCUT2D eigenvalue weighted by molar-refractivity contribution is 0.592. The first kappa shape index (κ1) is 26.4. The second-order valence-electron chi connectivity index (χ2n) is 12.8. The molecule has 2 aliphatic rings. The first-order chi connectivity index (χ1) is 22.0. The van der Waals surface area contributed by atoms with Crippen molar-refractivity contribution in [2.45, 2.75) is 19.3 Å². The molecule has 0 heterocycles. The Morgan fingerprint density at radius 2 is 1.04 bits per heavy atom. The highest BCUT2D eigenvalue weighted by atomic mass is 31.2. The maximum Gasteiger partial charge on any atom is 0.171 e. The van der Waals surface area contributed by atoms with E-state index in [1.807, 2.05) is 60.7 Å². The topological polar surface area (TPSA) is 17.1 Å². The van der Waals surface area contributed by atoms with Gasteiger partial charge in [0.15, 0.2) is 7.14 Å². The third-order valence-electron chi connectivity index (χ3n) is 10.1. The van der Waals surface area contributed by atoms with E-state index in [0.29, 0.717) is 0 Å². The minimum Gasteiger partial charge on any atom is -0.309 e. The van der Waals surface area contributed by atoms with E-state index >= 15 is 0 Å². The van der Waals surface area contributed by atoms with Crippen molar-refractivity contribution in [3.05, 3.63) is 163 Å². The van der Waals surface area contributed by atoms with Crippen molar-refractivity contribution in [1.29, 1.82) is 0 Å². The van der Waals surface area contributed by atoms with Gasteiger partial charge in [-0.2, -0.15) is 0 Å². The molecule has 0 atom stereocenters. The predicted octanol–water partition coefficient (Wildman–Crippen LogP) is 10.1. The van der Waals surface area contributed by atoms with Gasteiger partial charge in [0.1, 0.15) is 0 Å². The molecule has 7 aromatic carbocycles. The van der Waals surface area contributed by atoms with Gasteiger partial charge >= 0.3 is 0 Å². The van der Waals surface area contributed by atoms with E-state index in [2.05, 4.69) is 105 Å². The van der Waals surface area contributed by atoms with Crippen LogP contribution in [0.3, 0.4) is 0 Å². The summed E-state index contributed by atoms with van der Waals surface area (Å²) in [6.07, 6.45) is 0.